The molecule has 0 aliphatic rings. The maximum absolute atomic E-state index is 12.8. The van der Waals surface area contributed by atoms with E-state index in [0.717, 1.165) is 64.2 Å². The van der Waals surface area contributed by atoms with E-state index >= 15 is 0 Å². The fourth-order valence-electron chi connectivity index (χ4n) is 7.53. The molecule has 0 aliphatic heterocycles. The molecule has 350 valence electrons. The Morgan fingerprint density at radius 3 is 1.02 bits per heavy atom. The van der Waals surface area contributed by atoms with Gasteiger partial charge >= 0.3 is 17.9 Å². The molecule has 6 nitrogen and oxygen atoms in total. The molecular weight excluding hydrogens is 745 g/mol. The van der Waals surface area contributed by atoms with Crippen molar-refractivity contribution in [3.05, 3.63) is 36.5 Å². The zero-order valence-corrected chi connectivity index (χ0v) is 40.0. The first-order valence-corrected chi connectivity index (χ1v) is 26.0. The van der Waals surface area contributed by atoms with Crippen LogP contribution in [0.2, 0.25) is 0 Å². The first-order chi connectivity index (χ1) is 29.5. The van der Waals surface area contributed by atoms with Gasteiger partial charge in [-0.1, -0.05) is 243 Å². The number of hydrogen-bond donors (Lipinski definition) is 0. The maximum Gasteiger partial charge on any atom is 0.306 e. The highest BCUT2D eigenvalue weighted by Crippen LogP contribution is 2.16. The smallest absolute Gasteiger partial charge is 0.306 e. The van der Waals surface area contributed by atoms with Crippen LogP contribution in [-0.4, -0.2) is 37.2 Å². The first kappa shape index (κ1) is 57.6. The molecule has 0 spiro atoms. The summed E-state index contributed by atoms with van der Waals surface area (Å²) in [4.78, 5) is 37.9. The SMILES string of the molecule is CC/C=C\C/C=C\C/C=C\CCCC(=O)OCC(COC(=O)CCCCCCCCCCCCCCCCCCCC)OC(=O)CCCCCCCCCCCCCCC. The van der Waals surface area contributed by atoms with E-state index in [1.54, 1.807) is 0 Å². The number of allylic oxidation sites excluding steroid dienone is 6. The summed E-state index contributed by atoms with van der Waals surface area (Å²) < 4.78 is 16.7. The van der Waals surface area contributed by atoms with Crippen molar-refractivity contribution < 1.29 is 28.6 Å². The Morgan fingerprint density at radius 1 is 0.350 bits per heavy atom. The standard InChI is InChI=1S/C54H98O6/c1-4-7-10-13-16-19-22-24-25-26-27-28-30-32-35-38-41-44-47-53(56)59-50-51(49-58-52(55)46-43-40-37-34-31-21-18-15-12-9-6-3)60-54(57)48-45-42-39-36-33-29-23-20-17-14-11-8-5-2/h9,12,18,21,34,37,51H,4-8,10-11,13-17,19-20,22-33,35-36,38-50H2,1-3H3/b12-9-,21-18-,37-34-. The molecular formula is C54H98O6. The molecule has 0 N–H and O–H groups in total. The summed E-state index contributed by atoms with van der Waals surface area (Å²) >= 11 is 0. The van der Waals surface area contributed by atoms with Crippen molar-refractivity contribution in [1.82, 2.24) is 0 Å². The van der Waals surface area contributed by atoms with E-state index in [0.29, 0.717) is 25.7 Å². The molecule has 0 aromatic carbocycles. The van der Waals surface area contributed by atoms with E-state index in [1.165, 1.54) is 161 Å². The number of unbranched alkanes of at least 4 members (excludes halogenated alkanes) is 30. The Hall–Kier alpha value is -2.37. The van der Waals surface area contributed by atoms with Crippen LogP contribution in [0.25, 0.3) is 0 Å². The average molecular weight is 843 g/mol. The normalized spacial score (nSPS) is 12.2. The van der Waals surface area contributed by atoms with Crippen LogP contribution in [0.15, 0.2) is 36.5 Å². The van der Waals surface area contributed by atoms with Crippen molar-refractivity contribution in [2.75, 3.05) is 13.2 Å². The summed E-state index contributed by atoms with van der Waals surface area (Å²) in [6, 6.07) is 0. The predicted molar refractivity (Wildman–Crippen MR) is 256 cm³/mol. The van der Waals surface area contributed by atoms with Crippen LogP contribution >= 0.6 is 0 Å². The van der Waals surface area contributed by atoms with Crippen molar-refractivity contribution in [2.45, 2.75) is 277 Å². The van der Waals surface area contributed by atoms with Crippen LogP contribution in [0.5, 0.6) is 0 Å². The zero-order chi connectivity index (χ0) is 43.7. The Kier molecular flexibility index (Phi) is 47.3. The molecule has 0 saturated carbocycles. The Balaban J connectivity index is 4.32. The third kappa shape index (κ3) is 46.7. The van der Waals surface area contributed by atoms with Crippen molar-refractivity contribution in [2.24, 2.45) is 0 Å². The van der Waals surface area contributed by atoms with Gasteiger partial charge in [0.15, 0.2) is 6.10 Å². The van der Waals surface area contributed by atoms with Gasteiger partial charge < -0.3 is 14.2 Å². The molecule has 0 bridgehead atoms. The Labute approximate surface area is 372 Å². The lowest BCUT2D eigenvalue weighted by Crippen LogP contribution is -2.30. The summed E-state index contributed by atoms with van der Waals surface area (Å²) in [5.41, 5.74) is 0. The van der Waals surface area contributed by atoms with E-state index in [2.05, 4.69) is 57.2 Å². The maximum atomic E-state index is 12.8. The lowest BCUT2D eigenvalue weighted by Gasteiger charge is -2.18. The van der Waals surface area contributed by atoms with Crippen LogP contribution < -0.4 is 0 Å². The summed E-state index contributed by atoms with van der Waals surface area (Å²) in [6.45, 7) is 6.50. The van der Waals surface area contributed by atoms with Crippen LogP contribution in [0.4, 0.5) is 0 Å². The first-order valence-electron chi connectivity index (χ1n) is 26.0. The van der Waals surface area contributed by atoms with Crippen molar-refractivity contribution in [3.8, 4) is 0 Å². The molecule has 0 aromatic rings. The number of carbonyl (C=O) groups is 3. The second-order valence-corrected chi connectivity index (χ2v) is 17.4. The number of esters is 3. The van der Waals surface area contributed by atoms with E-state index in [4.69, 9.17) is 14.2 Å². The Bertz CT molecular complexity index is 1020. The molecule has 0 rings (SSSR count). The minimum atomic E-state index is -0.786. The summed E-state index contributed by atoms with van der Waals surface area (Å²) in [6.07, 6.45) is 57.1. The molecule has 6 heteroatoms. The molecule has 0 heterocycles. The number of hydrogen-bond acceptors (Lipinski definition) is 6. The number of carbonyl (C=O) groups excluding carboxylic acids is 3. The van der Waals surface area contributed by atoms with Crippen molar-refractivity contribution in [1.29, 1.82) is 0 Å². The van der Waals surface area contributed by atoms with Gasteiger partial charge in [0.05, 0.1) is 0 Å². The van der Waals surface area contributed by atoms with E-state index in [-0.39, 0.29) is 31.1 Å². The van der Waals surface area contributed by atoms with Gasteiger partial charge in [0.2, 0.25) is 0 Å². The second kappa shape index (κ2) is 49.3. The Morgan fingerprint density at radius 2 is 0.650 bits per heavy atom. The highest BCUT2D eigenvalue weighted by Gasteiger charge is 2.19. The number of rotatable bonds is 47. The molecule has 0 aromatic heterocycles. The van der Waals surface area contributed by atoms with E-state index in [9.17, 15) is 14.4 Å². The van der Waals surface area contributed by atoms with Crippen LogP contribution in [0.1, 0.15) is 271 Å². The molecule has 0 fully saturated rings. The molecule has 0 amide bonds. The minimum Gasteiger partial charge on any atom is -0.462 e. The van der Waals surface area contributed by atoms with Gasteiger partial charge in [-0.25, -0.2) is 0 Å². The van der Waals surface area contributed by atoms with Gasteiger partial charge in [0.25, 0.3) is 0 Å². The zero-order valence-electron chi connectivity index (χ0n) is 40.0. The average Bonchev–Trinajstić information content (AvgIpc) is 3.24. The largest absolute Gasteiger partial charge is 0.462 e. The fraction of sp³-hybridized carbons (Fsp3) is 0.833. The number of ether oxygens (including phenoxy) is 3. The topological polar surface area (TPSA) is 78.9 Å². The lowest BCUT2D eigenvalue weighted by molar-refractivity contribution is -0.167. The molecule has 60 heavy (non-hydrogen) atoms. The molecule has 0 radical (unpaired) electrons. The van der Waals surface area contributed by atoms with Gasteiger partial charge in [-0.15, -0.1) is 0 Å². The quantitative estimate of drug-likeness (QED) is 0.0263. The summed E-state index contributed by atoms with van der Waals surface area (Å²) in [5.74, 6) is -0.928. The highest BCUT2D eigenvalue weighted by molar-refractivity contribution is 5.71. The predicted octanol–water partition coefficient (Wildman–Crippen LogP) is 16.9. The molecule has 1 unspecified atom stereocenters. The highest BCUT2D eigenvalue weighted by atomic mass is 16.6. The van der Waals surface area contributed by atoms with Crippen molar-refractivity contribution in [3.63, 3.8) is 0 Å². The van der Waals surface area contributed by atoms with Crippen LogP contribution in [0, 0.1) is 0 Å². The lowest BCUT2D eigenvalue weighted by atomic mass is 10.0. The third-order valence-corrected chi connectivity index (χ3v) is 11.4. The summed E-state index contributed by atoms with van der Waals surface area (Å²) in [5, 5.41) is 0. The monoisotopic (exact) mass is 843 g/mol. The third-order valence-electron chi connectivity index (χ3n) is 11.4. The minimum absolute atomic E-state index is 0.0833. The second-order valence-electron chi connectivity index (χ2n) is 17.4. The van der Waals surface area contributed by atoms with Crippen molar-refractivity contribution >= 4 is 17.9 Å². The van der Waals surface area contributed by atoms with Gasteiger partial charge in [0, 0.05) is 19.3 Å². The molecule has 1 atom stereocenters. The van der Waals surface area contributed by atoms with Crippen LogP contribution in [0.3, 0.4) is 0 Å². The van der Waals surface area contributed by atoms with E-state index < -0.39 is 6.10 Å². The molecule has 0 aliphatic carbocycles. The van der Waals surface area contributed by atoms with Gasteiger partial charge in [-0.2, -0.15) is 0 Å². The summed E-state index contributed by atoms with van der Waals surface area (Å²) in [7, 11) is 0. The fourth-order valence-corrected chi connectivity index (χ4v) is 7.53. The van der Waals surface area contributed by atoms with Crippen LogP contribution in [-0.2, 0) is 28.6 Å². The molecule has 0 saturated heterocycles. The van der Waals surface area contributed by atoms with Gasteiger partial charge in [-0.3, -0.25) is 14.4 Å². The van der Waals surface area contributed by atoms with Gasteiger partial charge in [-0.05, 0) is 44.9 Å². The van der Waals surface area contributed by atoms with E-state index in [1.807, 2.05) is 0 Å². The van der Waals surface area contributed by atoms with Gasteiger partial charge in [0.1, 0.15) is 13.2 Å².